The Morgan fingerprint density at radius 1 is 0.571 bits per heavy atom. The first-order valence-corrected chi connectivity index (χ1v) is 10.7. The summed E-state index contributed by atoms with van der Waals surface area (Å²) in [6, 6.07) is 0. The first kappa shape index (κ1) is 28.2. The molecule has 0 aliphatic carbocycles. The lowest BCUT2D eigenvalue weighted by molar-refractivity contribution is -0.138. The highest BCUT2D eigenvalue weighted by atomic mass is 16.4. The average Bonchev–Trinajstić information content (AvgIpc) is 2.69. The monoisotopic (exact) mass is 396 g/mol. The molecule has 1 aromatic heterocycles. The smallest absolute Gasteiger partial charge is 0.303 e. The van der Waals surface area contributed by atoms with Crippen molar-refractivity contribution in [2.45, 2.75) is 104 Å². The number of rotatable bonds is 14. The summed E-state index contributed by atoms with van der Waals surface area (Å²) in [6.45, 7) is 4.36. The Morgan fingerprint density at radius 2 is 0.857 bits per heavy atom. The van der Waals surface area contributed by atoms with Crippen molar-refractivity contribution in [1.29, 1.82) is 0 Å². The molecule has 0 atom stereocenters. The molecule has 0 radical (unpaired) electrons. The molecule has 6 heteroatoms. The van der Waals surface area contributed by atoms with E-state index >= 15 is 0 Å². The van der Waals surface area contributed by atoms with E-state index in [1.165, 1.54) is 51.4 Å². The highest BCUT2D eigenvalue weighted by molar-refractivity contribution is 5.66. The second-order valence-corrected chi connectivity index (χ2v) is 6.72. The molecule has 162 valence electrons. The SMILES string of the molecule is CCCCCCCCC(=O)O.CCCCCCCCC(=O)O.c1cnccn1. The minimum absolute atomic E-state index is 0.339. The first-order chi connectivity index (χ1) is 13.5. The molecule has 0 aromatic carbocycles. The maximum Gasteiger partial charge on any atom is 0.303 e. The third-order valence-electron chi connectivity index (χ3n) is 3.97. The van der Waals surface area contributed by atoms with Crippen molar-refractivity contribution < 1.29 is 19.8 Å². The van der Waals surface area contributed by atoms with E-state index in [9.17, 15) is 9.59 Å². The molecule has 0 unspecified atom stereocenters. The van der Waals surface area contributed by atoms with Crippen LogP contribution in [-0.4, -0.2) is 32.1 Å². The normalized spacial score (nSPS) is 9.50. The van der Waals surface area contributed by atoms with Gasteiger partial charge in [-0.3, -0.25) is 19.6 Å². The fourth-order valence-corrected chi connectivity index (χ4v) is 2.37. The van der Waals surface area contributed by atoms with Gasteiger partial charge in [-0.15, -0.1) is 0 Å². The topological polar surface area (TPSA) is 100 Å². The summed E-state index contributed by atoms with van der Waals surface area (Å²) in [5, 5.41) is 16.6. The molecule has 0 spiro atoms. The Balaban J connectivity index is 0. The van der Waals surface area contributed by atoms with E-state index in [1.807, 2.05) is 0 Å². The zero-order chi connectivity index (χ0) is 21.3. The van der Waals surface area contributed by atoms with Crippen molar-refractivity contribution >= 4 is 11.9 Å². The highest BCUT2D eigenvalue weighted by Gasteiger charge is 1.96. The van der Waals surface area contributed by atoms with Gasteiger partial charge in [0.05, 0.1) is 0 Å². The zero-order valence-electron chi connectivity index (χ0n) is 17.8. The van der Waals surface area contributed by atoms with Gasteiger partial charge in [0.15, 0.2) is 0 Å². The summed E-state index contributed by atoms with van der Waals surface area (Å²) in [5.41, 5.74) is 0. The number of carboxylic acids is 2. The summed E-state index contributed by atoms with van der Waals surface area (Å²) >= 11 is 0. The molecule has 0 amide bonds. The van der Waals surface area contributed by atoms with Crippen LogP contribution in [0.2, 0.25) is 0 Å². The van der Waals surface area contributed by atoms with Crippen LogP contribution >= 0.6 is 0 Å². The average molecular weight is 397 g/mol. The molecule has 6 nitrogen and oxygen atoms in total. The Morgan fingerprint density at radius 3 is 1.11 bits per heavy atom. The van der Waals surface area contributed by atoms with Gasteiger partial charge in [0, 0.05) is 37.6 Å². The molecule has 0 saturated heterocycles. The summed E-state index contributed by atoms with van der Waals surface area (Å²) < 4.78 is 0. The second kappa shape index (κ2) is 25.0. The largest absolute Gasteiger partial charge is 0.481 e. The summed E-state index contributed by atoms with van der Waals surface area (Å²) in [5.74, 6) is -1.33. The van der Waals surface area contributed by atoms with Crippen LogP contribution in [0, 0.1) is 0 Å². The Bertz CT molecular complexity index is 389. The lowest BCUT2D eigenvalue weighted by Gasteiger charge is -1.97. The van der Waals surface area contributed by atoms with Gasteiger partial charge in [0.25, 0.3) is 0 Å². The van der Waals surface area contributed by atoms with Gasteiger partial charge in [-0.05, 0) is 12.8 Å². The van der Waals surface area contributed by atoms with E-state index in [0.717, 1.165) is 25.7 Å². The molecular formula is C22H40N2O4. The zero-order valence-corrected chi connectivity index (χ0v) is 17.8. The Hall–Kier alpha value is -1.98. The molecule has 1 rings (SSSR count). The standard InChI is InChI=1S/2C9H18O2.C4H4N2/c2*1-2-3-4-5-6-7-8-9(10)11;1-2-6-4-3-5-1/h2*2-8H2,1H3,(H,10,11);1-4H. The van der Waals surface area contributed by atoms with Gasteiger partial charge >= 0.3 is 11.9 Å². The van der Waals surface area contributed by atoms with Gasteiger partial charge in [-0.2, -0.15) is 0 Å². The van der Waals surface area contributed by atoms with Gasteiger partial charge in [-0.1, -0.05) is 78.1 Å². The molecule has 0 aliphatic heterocycles. The molecule has 0 aliphatic rings. The molecule has 28 heavy (non-hydrogen) atoms. The van der Waals surface area contributed by atoms with Crippen LogP contribution in [0.3, 0.4) is 0 Å². The number of unbranched alkanes of at least 4 members (excludes halogenated alkanes) is 10. The van der Waals surface area contributed by atoms with Crippen LogP contribution in [0.4, 0.5) is 0 Å². The van der Waals surface area contributed by atoms with Crippen LogP contribution in [0.5, 0.6) is 0 Å². The number of nitrogens with zero attached hydrogens (tertiary/aromatic N) is 2. The van der Waals surface area contributed by atoms with Crippen LogP contribution in [0.25, 0.3) is 0 Å². The fraction of sp³-hybridized carbons (Fsp3) is 0.727. The van der Waals surface area contributed by atoms with E-state index in [0.29, 0.717) is 12.8 Å². The van der Waals surface area contributed by atoms with Crippen LogP contribution in [-0.2, 0) is 9.59 Å². The van der Waals surface area contributed by atoms with Crippen molar-refractivity contribution in [1.82, 2.24) is 9.97 Å². The van der Waals surface area contributed by atoms with Crippen LogP contribution in [0.1, 0.15) is 104 Å². The minimum Gasteiger partial charge on any atom is -0.481 e. The van der Waals surface area contributed by atoms with Gasteiger partial charge in [-0.25, -0.2) is 0 Å². The molecule has 2 N–H and O–H groups in total. The fourth-order valence-electron chi connectivity index (χ4n) is 2.37. The Labute approximate surface area is 170 Å². The summed E-state index contributed by atoms with van der Waals surface area (Å²) in [6.07, 6.45) is 21.1. The molecule has 1 aromatic rings. The number of hydrogen-bond donors (Lipinski definition) is 2. The van der Waals surface area contributed by atoms with E-state index in [2.05, 4.69) is 23.8 Å². The number of carbonyl (C=O) groups is 2. The molecule has 0 saturated carbocycles. The van der Waals surface area contributed by atoms with Crippen molar-refractivity contribution in [3.63, 3.8) is 0 Å². The van der Waals surface area contributed by atoms with Gasteiger partial charge in [0.1, 0.15) is 0 Å². The maximum absolute atomic E-state index is 10.1. The summed E-state index contributed by atoms with van der Waals surface area (Å²) in [4.78, 5) is 27.6. The highest BCUT2D eigenvalue weighted by Crippen LogP contribution is 2.07. The second-order valence-electron chi connectivity index (χ2n) is 6.72. The third-order valence-corrected chi connectivity index (χ3v) is 3.97. The lowest BCUT2D eigenvalue weighted by Crippen LogP contribution is -1.93. The first-order valence-electron chi connectivity index (χ1n) is 10.7. The summed E-state index contributed by atoms with van der Waals surface area (Å²) in [7, 11) is 0. The Kier molecular flexibility index (Phi) is 25.2. The molecular weight excluding hydrogens is 356 g/mol. The van der Waals surface area contributed by atoms with E-state index in [-0.39, 0.29) is 0 Å². The van der Waals surface area contributed by atoms with Gasteiger partial charge < -0.3 is 10.2 Å². The quantitative estimate of drug-likeness (QED) is 0.367. The van der Waals surface area contributed by atoms with E-state index < -0.39 is 11.9 Å². The molecule has 1 heterocycles. The lowest BCUT2D eigenvalue weighted by atomic mass is 10.1. The number of aliphatic carboxylic acids is 2. The minimum atomic E-state index is -0.666. The maximum atomic E-state index is 10.1. The number of aromatic nitrogens is 2. The molecule has 0 fully saturated rings. The van der Waals surface area contributed by atoms with Crippen molar-refractivity contribution in [3.05, 3.63) is 24.8 Å². The van der Waals surface area contributed by atoms with Gasteiger partial charge in [0.2, 0.25) is 0 Å². The van der Waals surface area contributed by atoms with E-state index in [1.54, 1.807) is 24.8 Å². The van der Waals surface area contributed by atoms with Crippen molar-refractivity contribution in [2.24, 2.45) is 0 Å². The number of carboxylic acid groups (broad SMARTS) is 2. The molecule has 0 bridgehead atoms. The van der Waals surface area contributed by atoms with Crippen LogP contribution in [0.15, 0.2) is 24.8 Å². The van der Waals surface area contributed by atoms with Crippen molar-refractivity contribution in [2.75, 3.05) is 0 Å². The number of hydrogen-bond acceptors (Lipinski definition) is 4. The predicted molar refractivity (Wildman–Crippen MR) is 113 cm³/mol. The van der Waals surface area contributed by atoms with Crippen molar-refractivity contribution in [3.8, 4) is 0 Å². The van der Waals surface area contributed by atoms with E-state index in [4.69, 9.17) is 10.2 Å². The third kappa shape index (κ3) is 31.8. The predicted octanol–water partition coefficient (Wildman–Crippen LogP) is 6.12. The van der Waals surface area contributed by atoms with Crippen LogP contribution < -0.4 is 0 Å².